The summed E-state index contributed by atoms with van der Waals surface area (Å²) in [6.45, 7) is 2.56. The Bertz CT molecular complexity index is 544. The summed E-state index contributed by atoms with van der Waals surface area (Å²) in [5.74, 6) is 0. The summed E-state index contributed by atoms with van der Waals surface area (Å²) in [4.78, 5) is 0. The standard InChI is InChI=1S/C15H13F3N/c1-11-4-2-3-5-12(11)10-19-14-8-6-13(7-9-14)15(16,17)18/h2-8,19H,10H2,1H3. The zero-order valence-electron chi connectivity index (χ0n) is 10.4. The van der Waals surface area contributed by atoms with Crippen molar-refractivity contribution in [1.82, 2.24) is 0 Å². The minimum Gasteiger partial charge on any atom is -0.380 e. The van der Waals surface area contributed by atoms with Gasteiger partial charge in [-0.25, -0.2) is 0 Å². The van der Waals surface area contributed by atoms with Crippen LogP contribution in [-0.2, 0) is 12.7 Å². The molecule has 99 valence electrons. The topological polar surface area (TPSA) is 12.0 Å². The van der Waals surface area contributed by atoms with Crippen molar-refractivity contribution in [3.63, 3.8) is 0 Å². The van der Waals surface area contributed by atoms with Gasteiger partial charge in [-0.15, -0.1) is 0 Å². The number of nitrogens with one attached hydrogen (secondary N) is 1. The molecular weight excluding hydrogens is 251 g/mol. The number of rotatable bonds is 3. The summed E-state index contributed by atoms with van der Waals surface area (Å²) < 4.78 is 37.1. The van der Waals surface area contributed by atoms with E-state index in [1.54, 1.807) is 0 Å². The third-order valence-electron chi connectivity index (χ3n) is 2.87. The monoisotopic (exact) mass is 264 g/mol. The highest BCUT2D eigenvalue weighted by Gasteiger charge is 2.29. The third kappa shape index (κ3) is 3.50. The van der Waals surface area contributed by atoms with Crippen LogP contribution < -0.4 is 5.32 Å². The number of hydrogen-bond acceptors (Lipinski definition) is 1. The molecule has 0 unspecified atom stereocenters. The molecule has 0 saturated heterocycles. The first-order chi connectivity index (χ1) is 8.97. The Morgan fingerprint density at radius 3 is 2.42 bits per heavy atom. The second-order valence-electron chi connectivity index (χ2n) is 4.27. The largest absolute Gasteiger partial charge is 0.416 e. The minimum atomic E-state index is -4.31. The van der Waals surface area contributed by atoms with Gasteiger partial charge in [-0.3, -0.25) is 0 Å². The highest BCUT2D eigenvalue weighted by Crippen LogP contribution is 2.29. The second-order valence-corrected chi connectivity index (χ2v) is 4.27. The van der Waals surface area contributed by atoms with Crippen LogP contribution in [0.4, 0.5) is 18.9 Å². The zero-order chi connectivity index (χ0) is 13.9. The van der Waals surface area contributed by atoms with Gasteiger partial charge in [0.05, 0.1) is 5.56 Å². The van der Waals surface area contributed by atoms with E-state index in [4.69, 9.17) is 0 Å². The Labute approximate surface area is 110 Å². The van der Waals surface area contributed by atoms with Crippen LogP contribution in [-0.4, -0.2) is 0 Å². The highest BCUT2D eigenvalue weighted by atomic mass is 19.4. The van der Waals surface area contributed by atoms with E-state index in [1.807, 2.05) is 31.2 Å². The second kappa shape index (κ2) is 5.34. The predicted octanol–water partition coefficient (Wildman–Crippen LogP) is 4.43. The number of aryl methyl sites for hydroxylation is 1. The average Bonchev–Trinajstić information content (AvgIpc) is 2.37. The first-order valence-electron chi connectivity index (χ1n) is 5.84. The van der Waals surface area contributed by atoms with Crippen molar-refractivity contribution in [3.05, 3.63) is 65.2 Å². The zero-order valence-corrected chi connectivity index (χ0v) is 10.4. The molecule has 2 aromatic rings. The quantitative estimate of drug-likeness (QED) is 0.865. The van der Waals surface area contributed by atoms with Crippen molar-refractivity contribution >= 4 is 5.69 Å². The fourth-order valence-electron chi connectivity index (χ4n) is 1.71. The van der Waals surface area contributed by atoms with Crippen LogP contribution in [0, 0.1) is 13.0 Å². The van der Waals surface area contributed by atoms with Crippen molar-refractivity contribution in [2.75, 3.05) is 5.32 Å². The third-order valence-corrected chi connectivity index (χ3v) is 2.87. The summed E-state index contributed by atoms with van der Waals surface area (Å²) in [5, 5.41) is 3.06. The van der Waals surface area contributed by atoms with E-state index in [9.17, 15) is 13.2 Å². The van der Waals surface area contributed by atoms with Gasteiger partial charge in [0.2, 0.25) is 0 Å². The molecule has 1 radical (unpaired) electrons. The van der Waals surface area contributed by atoms with Crippen LogP contribution in [0.15, 0.2) is 42.5 Å². The molecular formula is C15H13F3N. The van der Waals surface area contributed by atoms with Gasteiger partial charge >= 0.3 is 6.18 Å². The van der Waals surface area contributed by atoms with E-state index in [1.165, 1.54) is 6.07 Å². The molecule has 0 aliphatic carbocycles. The molecule has 0 aromatic heterocycles. The molecule has 19 heavy (non-hydrogen) atoms. The molecule has 2 aromatic carbocycles. The maximum atomic E-state index is 12.4. The van der Waals surface area contributed by atoms with E-state index in [-0.39, 0.29) is 0 Å². The Kier molecular flexibility index (Phi) is 3.79. The van der Waals surface area contributed by atoms with Gasteiger partial charge in [-0.05, 0) is 36.2 Å². The lowest BCUT2D eigenvalue weighted by atomic mass is 10.1. The molecule has 0 saturated carbocycles. The fraction of sp³-hybridized carbons (Fsp3) is 0.200. The molecule has 1 N–H and O–H groups in total. The maximum absolute atomic E-state index is 12.4. The number of halogens is 3. The summed E-state index contributed by atoms with van der Waals surface area (Å²) in [5.41, 5.74) is 2.11. The first kappa shape index (κ1) is 13.5. The van der Waals surface area contributed by atoms with Gasteiger partial charge in [0.25, 0.3) is 0 Å². The van der Waals surface area contributed by atoms with Crippen LogP contribution in [0.1, 0.15) is 16.7 Å². The number of hydrogen-bond donors (Lipinski definition) is 1. The highest BCUT2D eigenvalue weighted by molar-refractivity contribution is 5.45. The fourth-order valence-corrected chi connectivity index (χ4v) is 1.71. The van der Waals surface area contributed by atoms with E-state index in [0.29, 0.717) is 12.2 Å². The summed E-state index contributed by atoms with van der Waals surface area (Å²) >= 11 is 0. The van der Waals surface area contributed by atoms with Gasteiger partial charge in [0.1, 0.15) is 0 Å². The van der Waals surface area contributed by atoms with E-state index < -0.39 is 11.7 Å². The van der Waals surface area contributed by atoms with E-state index in [2.05, 4.69) is 11.4 Å². The van der Waals surface area contributed by atoms with Crippen LogP contribution in [0.3, 0.4) is 0 Å². The van der Waals surface area contributed by atoms with Crippen molar-refractivity contribution in [1.29, 1.82) is 0 Å². The lowest BCUT2D eigenvalue weighted by Crippen LogP contribution is -2.05. The first-order valence-corrected chi connectivity index (χ1v) is 5.84. The van der Waals surface area contributed by atoms with Gasteiger partial charge in [-0.2, -0.15) is 13.2 Å². The lowest BCUT2D eigenvalue weighted by Gasteiger charge is -2.10. The van der Waals surface area contributed by atoms with Gasteiger partial charge < -0.3 is 5.32 Å². The molecule has 2 rings (SSSR count). The molecule has 0 bridgehead atoms. The van der Waals surface area contributed by atoms with Gasteiger partial charge in [0.15, 0.2) is 0 Å². The van der Waals surface area contributed by atoms with E-state index in [0.717, 1.165) is 23.3 Å². The van der Waals surface area contributed by atoms with Crippen LogP contribution in [0.25, 0.3) is 0 Å². The molecule has 0 spiro atoms. The maximum Gasteiger partial charge on any atom is 0.416 e. The minimum absolute atomic E-state index is 0.552. The molecule has 0 fully saturated rings. The molecule has 0 atom stereocenters. The molecule has 0 heterocycles. The predicted molar refractivity (Wildman–Crippen MR) is 68.8 cm³/mol. The van der Waals surface area contributed by atoms with E-state index >= 15 is 0 Å². The van der Waals surface area contributed by atoms with Crippen molar-refractivity contribution in [2.24, 2.45) is 0 Å². The SMILES string of the molecule is Cc1ccccc1CNc1[c]cc(C(F)(F)F)cc1. The molecule has 1 nitrogen and oxygen atoms in total. The molecule has 0 aliphatic heterocycles. The summed E-state index contributed by atoms with van der Waals surface area (Å²) in [6, 6.07) is 13.9. The van der Waals surface area contributed by atoms with Gasteiger partial charge in [0, 0.05) is 18.3 Å². The van der Waals surface area contributed by atoms with Crippen molar-refractivity contribution in [2.45, 2.75) is 19.6 Å². The molecule has 4 heteroatoms. The normalized spacial score (nSPS) is 11.4. The number of anilines is 1. The number of alkyl halides is 3. The van der Waals surface area contributed by atoms with Crippen LogP contribution >= 0.6 is 0 Å². The van der Waals surface area contributed by atoms with Crippen LogP contribution in [0.2, 0.25) is 0 Å². The molecule has 0 amide bonds. The van der Waals surface area contributed by atoms with Crippen LogP contribution in [0.5, 0.6) is 0 Å². The average molecular weight is 264 g/mol. The smallest absolute Gasteiger partial charge is 0.380 e. The summed E-state index contributed by atoms with van der Waals surface area (Å²) in [6.07, 6.45) is -4.31. The Hall–Kier alpha value is -1.97. The van der Waals surface area contributed by atoms with Crippen molar-refractivity contribution in [3.8, 4) is 0 Å². The lowest BCUT2D eigenvalue weighted by molar-refractivity contribution is -0.137. The van der Waals surface area contributed by atoms with Crippen molar-refractivity contribution < 1.29 is 13.2 Å². The summed E-state index contributed by atoms with van der Waals surface area (Å²) in [7, 11) is 0. The Morgan fingerprint density at radius 2 is 1.84 bits per heavy atom. The molecule has 0 aliphatic rings. The Balaban J connectivity index is 2.03. The van der Waals surface area contributed by atoms with Gasteiger partial charge in [-0.1, -0.05) is 24.3 Å². The Morgan fingerprint density at radius 1 is 1.11 bits per heavy atom. The number of benzene rings is 2.